The Morgan fingerprint density at radius 2 is 1.89 bits per heavy atom. The number of carbonyl (C=O) groups excluding carboxylic acids is 1. The zero-order valence-electron chi connectivity index (χ0n) is 16.9. The Morgan fingerprint density at radius 1 is 1.11 bits per heavy atom. The van der Waals surface area contributed by atoms with E-state index in [1.807, 2.05) is 26.0 Å². The summed E-state index contributed by atoms with van der Waals surface area (Å²) in [4.78, 5) is 16.5. The highest BCUT2D eigenvalue weighted by molar-refractivity contribution is 5.92. The summed E-state index contributed by atoms with van der Waals surface area (Å²) in [6, 6.07) is 9.84. The number of benzene rings is 1. The number of ether oxygens (including phenoxy) is 1. The molecular weight excluding hydrogens is 356 g/mol. The van der Waals surface area contributed by atoms with E-state index < -0.39 is 0 Å². The van der Waals surface area contributed by atoms with Crippen molar-refractivity contribution in [2.75, 3.05) is 33.3 Å². The minimum Gasteiger partial charge on any atom is -0.497 e. The molecule has 0 unspecified atom stereocenters. The van der Waals surface area contributed by atoms with Crippen molar-refractivity contribution >= 4 is 11.9 Å². The van der Waals surface area contributed by atoms with Gasteiger partial charge in [-0.1, -0.05) is 12.1 Å². The monoisotopic (exact) mass is 386 g/mol. The number of guanidine groups is 1. The maximum atomic E-state index is 12.0. The van der Waals surface area contributed by atoms with Gasteiger partial charge in [0.1, 0.15) is 5.75 Å². The van der Waals surface area contributed by atoms with Crippen LogP contribution in [0.2, 0.25) is 0 Å². The van der Waals surface area contributed by atoms with Gasteiger partial charge in [0.15, 0.2) is 11.7 Å². The van der Waals surface area contributed by atoms with Crippen molar-refractivity contribution in [2.24, 2.45) is 4.99 Å². The van der Waals surface area contributed by atoms with Crippen LogP contribution in [0.3, 0.4) is 0 Å². The summed E-state index contributed by atoms with van der Waals surface area (Å²) in [6.45, 7) is 6.63. The third-order valence-corrected chi connectivity index (χ3v) is 4.17. The summed E-state index contributed by atoms with van der Waals surface area (Å²) in [5.41, 5.74) is 2.08. The van der Waals surface area contributed by atoms with E-state index >= 15 is 0 Å². The Bertz CT molecular complexity index is 753. The highest BCUT2D eigenvalue weighted by Gasteiger charge is 2.11. The molecule has 1 aromatic carbocycles. The molecule has 28 heavy (non-hydrogen) atoms. The van der Waals surface area contributed by atoms with Gasteiger partial charge in [0.2, 0.25) is 0 Å². The first-order chi connectivity index (χ1) is 13.6. The molecule has 0 spiro atoms. The molecule has 0 atom stereocenters. The van der Waals surface area contributed by atoms with E-state index in [0.717, 1.165) is 43.2 Å². The van der Waals surface area contributed by atoms with E-state index in [4.69, 9.17) is 9.15 Å². The summed E-state index contributed by atoms with van der Waals surface area (Å²) < 4.78 is 10.4. The maximum Gasteiger partial charge on any atom is 0.287 e. The fourth-order valence-corrected chi connectivity index (χ4v) is 2.62. The number of aliphatic imine (C=N–C) groups is 1. The van der Waals surface area contributed by atoms with Crippen LogP contribution in [0.25, 0.3) is 0 Å². The molecule has 0 aliphatic heterocycles. The number of nitrogens with zero attached hydrogens (tertiary/aromatic N) is 1. The van der Waals surface area contributed by atoms with Crippen molar-refractivity contribution in [1.29, 1.82) is 0 Å². The second kappa shape index (κ2) is 11.7. The topological polar surface area (TPSA) is 87.9 Å². The van der Waals surface area contributed by atoms with Gasteiger partial charge in [-0.15, -0.1) is 0 Å². The van der Waals surface area contributed by atoms with Crippen LogP contribution in [-0.4, -0.2) is 45.2 Å². The molecule has 0 radical (unpaired) electrons. The quantitative estimate of drug-likeness (QED) is 0.332. The van der Waals surface area contributed by atoms with Crippen molar-refractivity contribution in [3.63, 3.8) is 0 Å². The number of nitrogens with one attached hydrogen (secondary N) is 3. The Hall–Kier alpha value is -2.96. The molecule has 7 nitrogen and oxygen atoms in total. The van der Waals surface area contributed by atoms with Crippen LogP contribution < -0.4 is 20.7 Å². The first-order valence-corrected chi connectivity index (χ1v) is 9.61. The van der Waals surface area contributed by atoms with E-state index in [9.17, 15) is 4.79 Å². The molecule has 152 valence electrons. The predicted octanol–water partition coefficient (Wildman–Crippen LogP) is 2.51. The summed E-state index contributed by atoms with van der Waals surface area (Å²) in [7, 11) is 1.67. The minimum absolute atomic E-state index is 0.184. The van der Waals surface area contributed by atoms with E-state index in [0.29, 0.717) is 18.8 Å². The van der Waals surface area contributed by atoms with Crippen LogP contribution in [0.1, 0.15) is 35.0 Å². The van der Waals surface area contributed by atoms with Crippen LogP contribution in [0, 0.1) is 6.92 Å². The van der Waals surface area contributed by atoms with E-state index in [1.54, 1.807) is 13.2 Å². The number of hydrogen-bond donors (Lipinski definition) is 3. The van der Waals surface area contributed by atoms with Crippen molar-refractivity contribution < 1.29 is 13.9 Å². The molecule has 2 rings (SSSR count). The average molecular weight is 386 g/mol. The van der Waals surface area contributed by atoms with Gasteiger partial charge in [0.05, 0.1) is 13.4 Å². The molecule has 0 saturated heterocycles. The highest BCUT2D eigenvalue weighted by atomic mass is 16.5. The molecule has 1 heterocycles. The lowest BCUT2D eigenvalue weighted by Gasteiger charge is -2.11. The number of furan rings is 1. The second-order valence-electron chi connectivity index (χ2n) is 6.33. The lowest BCUT2D eigenvalue weighted by Crippen LogP contribution is -2.38. The zero-order chi connectivity index (χ0) is 20.2. The molecule has 3 N–H and O–H groups in total. The molecule has 0 fully saturated rings. The fraction of sp³-hybridized carbons (Fsp3) is 0.429. The number of aryl methyl sites for hydroxylation is 1. The van der Waals surface area contributed by atoms with Crippen molar-refractivity contribution in [3.05, 3.63) is 53.5 Å². The Morgan fingerprint density at radius 3 is 2.54 bits per heavy atom. The minimum atomic E-state index is -0.184. The Labute approximate surface area is 166 Å². The number of amides is 1. The van der Waals surface area contributed by atoms with Gasteiger partial charge in [0.25, 0.3) is 5.91 Å². The molecule has 1 aromatic heterocycles. The van der Waals surface area contributed by atoms with Crippen LogP contribution in [0.15, 0.2) is 46.0 Å². The second-order valence-corrected chi connectivity index (χ2v) is 6.33. The third-order valence-electron chi connectivity index (χ3n) is 4.17. The highest BCUT2D eigenvalue weighted by Crippen LogP contribution is 2.11. The number of carbonyl (C=O) groups is 1. The molecular formula is C21H30N4O3. The molecule has 0 aliphatic rings. The van der Waals surface area contributed by atoms with E-state index in [-0.39, 0.29) is 5.91 Å². The van der Waals surface area contributed by atoms with Crippen molar-refractivity contribution in [3.8, 4) is 5.75 Å². The molecule has 1 amide bonds. The summed E-state index contributed by atoms with van der Waals surface area (Å²) >= 11 is 0. The van der Waals surface area contributed by atoms with Gasteiger partial charge in [0, 0.05) is 31.7 Å². The van der Waals surface area contributed by atoms with Gasteiger partial charge in [-0.3, -0.25) is 9.79 Å². The maximum absolute atomic E-state index is 12.0. The largest absolute Gasteiger partial charge is 0.497 e. The van der Waals surface area contributed by atoms with Crippen LogP contribution in [-0.2, 0) is 6.42 Å². The average Bonchev–Trinajstić information content (AvgIpc) is 3.14. The van der Waals surface area contributed by atoms with Crippen molar-refractivity contribution in [1.82, 2.24) is 16.0 Å². The number of methoxy groups -OCH3 is 1. The zero-order valence-corrected chi connectivity index (χ0v) is 16.9. The van der Waals surface area contributed by atoms with Gasteiger partial charge in [-0.2, -0.15) is 0 Å². The summed E-state index contributed by atoms with van der Waals surface area (Å²) in [5, 5.41) is 9.42. The summed E-state index contributed by atoms with van der Waals surface area (Å²) in [6.07, 6.45) is 3.17. The van der Waals surface area contributed by atoms with Gasteiger partial charge in [-0.05, 0) is 50.5 Å². The van der Waals surface area contributed by atoms with Crippen molar-refractivity contribution in [2.45, 2.75) is 26.7 Å². The van der Waals surface area contributed by atoms with Gasteiger partial charge >= 0.3 is 0 Å². The molecule has 0 bridgehead atoms. The molecule has 7 heteroatoms. The fourth-order valence-electron chi connectivity index (χ4n) is 2.62. The molecule has 0 aliphatic carbocycles. The molecule has 0 saturated carbocycles. The van der Waals surface area contributed by atoms with E-state index in [1.165, 1.54) is 11.8 Å². The number of rotatable bonds is 10. The molecule has 2 aromatic rings. The van der Waals surface area contributed by atoms with Gasteiger partial charge < -0.3 is 25.1 Å². The van der Waals surface area contributed by atoms with Crippen LogP contribution in [0.4, 0.5) is 0 Å². The Balaban J connectivity index is 1.69. The Kier molecular flexibility index (Phi) is 8.91. The first-order valence-electron chi connectivity index (χ1n) is 9.61. The van der Waals surface area contributed by atoms with Crippen LogP contribution in [0.5, 0.6) is 5.75 Å². The lowest BCUT2D eigenvalue weighted by molar-refractivity contribution is 0.0925. The smallest absolute Gasteiger partial charge is 0.287 e. The lowest BCUT2D eigenvalue weighted by atomic mass is 10.1. The predicted molar refractivity (Wildman–Crippen MR) is 111 cm³/mol. The summed E-state index contributed by atoms with van der Waals surface area (Å²) in [5.74, 6) is 1.83. The first kappa shape index (κ1) is 21.3. The number of hydrogen-bond acceptors (Lipinski definition) is 4. The normalized spacial score (nSPS) is 11.2. The standard InChI is InChI=1S/C21H30N4O3/c1-4-22-21(25-14-10-17-6-8-18(27-3)9-7-17)24-13-5-12-23-20(26)19-16(2)11-15-28-19/h6-9,11,15H,4-5,10,12-14H2,1-3H3,(H,23,26)(H2,22,24,25). The van der Waals surface area contributed by atoms with Gasteiger partial charge in [-0.25, -0.2) is 0 Å². The third kappa shape index (κ3) is 6.98. The van der Waals surface area contributed by atoms with E-state index in [2.05, 4.69) is 33.1 Å². The SMILES string of the molecule is CCNC(=NCCCNC(=O)c1occc1C)NCCc1ccc(OC)cc1. The van der Waals surface area contributed by atoms with Crippen LogP contribution >= 0.6 is 0 Å².